The molecule has 0 bridgehead atoms. The molecule has 0 fully saturated rings. The van der Waals surface area contributed by atoms with E-state index in [4.69, 9.17) is 0 Å². The predicted molar refractivity (Wildman–Crippen MR) is 103 cm³/mol. The van der Waals surface area contributed by atoms with Crippen molar-refractivity contribution in [2.75, 3.05) is 0 Å². The average molecular weight is 321 g/mol. The van der Waals surface area contributed by atoms with Gasteiger partial charge in [0, 0.05) is 30.0 Å². The van der Waals surface area contributed by atoms with Gasteiger partial charge >= 0.3 is 0 Å². The topological polar surface area (TPSA) is 3.88 Å². The second kappa shape index (κ2) is 6.55. The van der Waals surface area contributed by atoms with Crippen LogP contribution in [0.2, 0.25) is 0 Å². The molecule has 0 N–H and O–H groups in total. The van der Waals surface area contributed by atoms with Crippen LogP contribution in [0, 0.1) is 6.92 Å². The van der Waals surface area contributed by atoms with E-state index in [1.165, 1.54) is 52.8 Å². The monoisotopic (exact) mass is 320 g/mol. The van der Waals surface area contributed by atoms with Crippen molar-refractivity contribution in [3.8, 4) is 11.3 Å². The number of pyridine rings is 1. The van der Waals surface area contributed by atoms with Crippen molar-refractivity contribution >= 4 is 5.57 Å². The van der Waals surface area contributed by atoms with E-state index >= 15 is 0 Å². The fourth-order valence-corrected chi connectivity index (χ4v) is 4.39. The molecular formula is C23H30N+. The highest BCUT2D eigenvalue weighted by molar-refractivity contribution is 5.83. The Bertz CT molecular complexity index is 766. The molecule has 0 amide bonds. The molecule has 1 aromatic carbocycles. The minimum absolute atomic E-state index is 0.00225. The quantitative estimate of drug-likeness (QED) is 0.610. The zero-order valence-corrected chi connectivity index (χ0v) is 15.7. The first-order chi connectivity index (χ1) is 11.6. The largest absolute Gasteiger partial charge is 0.217 e. The Morgan fingerprint density at radius 2 is 1.67 bits per heavy atom. The van der Waals surface area contributed by atoms with Gasteiger partial charge in [0.25, 0.3) is 0 Å². The van der Waals surface area contributed by atoms with Crippen LogP contribution >= 0.6 is 0 Å². The third-order valence-electron chi connectivity index (χ3n) is 6.00. The maximum Gasteiger partial charge on any atom is 0.217 e. The van der Waals surface area contributed by atoms with E-state index in [1.807, 2.05) is 0 Å². The number of allylic oxidation sites excluding steroid dienone is 1. The summed E-state index contributed by atoms with van der Waals surface area (Å²) in [6.45, 7) is 13.7. The number of aryl methyl sites for hydroxylation is 1. The van der Waals surface area contributed by atoms with Crippen LogP contribution in [-0.2, 0) is 12.0 Å². The summed E-state index contributed by atoms with van der Waals surface area (Å²) in [5.41, 5.74) is 8.27. The van der Waals surface area contributed by atoms with Crippen molar-refractivity contribution < 1.29 is 4.57 Å². The second-order valence-electron chi connectivity index (χ2n) is 7.05. The number of fused-ring (bicyclic) bond motifs is 3. The van der Waals surface area contributed by atoms with Crippen molar-refractivity contribution in [3.05, 3.63) is 59.8 Å². The smallest absolute Gasteiger partial charge is 0.188 e. The van der Waals surface area contributed by atoms with Crippen LogP contribution in [0.4, 0.5) is 0 Å². The maximum absolute atomic E-state index is 4.53. The van der Waals surface area contributed by atoms with Gasteiger partial charge in [0.1, 0.15) is 0 Å². The van der Waals surface area contributed by atoms with E-state index in [0.29, 0.717) is 0 Å². The molecule has 2 aromatic rings. The fourth-order valence-electron chi connectivity index (χ4n) is 4.39. The Morgan fingerprint density at radius 1 is 1.00 bits per heavy atom. The van der Waals surface area contributed by atoms with Gasteiger partial charge < -0.3 is 0 Å². The molecule has 0 unspecified atom stereocenters. The molecule has 1 heteroatoms. The molecule has 1 aromatic heterocycles. The van der Waals surface area contributed by atoms with Crippen molar-refractivity contribution in [2.24, 2.45) is 0 Å². The third-order valence-corrected chi connectivity index (χ3v) is 6.00. The lowest BCUT2D eigenvalue weighted by Gasteiger charge is -2.35. The Morgan fingerprint density at radius 3 is 2.29 bits per heavy atom. The standard InChI is InChI=1S/C23H30N/c1-6-9-12-19-15-16-24-22(17(19)4)21-14-11-10-13-20(21)18(5)23(24,7-2)8-3/h10-11,13-16H,5-9,12H2,1-4H3/q+1. The number of hydrogen-bond acceptors (Lipinski definition) is 0. The second-order valence-corrected chi connectivity index (χ2v) is 7.05. The highest BCUT2D eigenvalue weighted by Gasteiger charge is 2.47. The first-order valence-corrected chi connectivity index (χ1v) is 9.44. The lowest BCUT2D eigenvalue weighted by Crippen LogP contribution is -2.59. The summed E-state index contributed by atoms with van der Waals surface area (Å²) in [5, 5.41) is 0. The summed E-state index contributed by atoms with van der Waals surface area (Å²) in [6.07, 6.45) is 8.13. The summed E-state index contributed by atoms with van der Waals surface area (Å²) in [6, 6.07) is 11.2. The molecule has 0 radical (unpaired) electrons. The van der Waals surface area contributed by atoms with E-state index in [1.54, 1.807) is 0 Å². The van der Waals surface area contributed by atoms with Gasteiger partial charge in [-0.15, -0.1) is 0 Å². The first kappa shape index (κ1) is 17.0. The van der Waals surface area contributed by atoms with Gasteiger partial charge in [-0.25, -0.2) is 0 Å². The number of unbranched alkanes of at least 4 members (excludes halogenated alkanes) is 1. The SMILES string of the molecule is C=C1c2ccccc2-c2c(C)c(CCCC)cc[n+]2C1(CC)CC. The van der Waals surface area contributed by atoms with Crippen molar-refractivity contribution in [1.29, 1.82) is 0 Å². The zero-order valence-electron chi connectivity index (χ0n) is 15.7. The lowest BCUT2D eigenvalue weighted by molar-refractivity contribution is -0.741. The molecule has 1 nitrogen and oxygen atoms in total. The van der Waals surface area contributed by atoms with E-state index in [-0.39, 0.29) is 5.54 Å². The van der Waals surface area contributed by atoms with E-state index in [9.17, 15) is 0 Å². The van der Waals surface area contributed by atoms with Gasteiger partial charge in [-0.3, -0.25) is 0 Å². The molecule has 0 saturated carbocycles. The third kappa shape index (κ3) is 2.33. The molecule has 3 rings (SSSR count). The molecule has 24 heavy (non-hydrogen) atoms. The average Bonchev–Trinajstić information content (AvgIpc) is 2.62. The lowest BCUT2D eigenvalue weighted by atomic mass is 9.75. The summed E-state index contributed by atoms with van der Waals surface area (Å²) in [7, 11) is 0. The predicted octanol–water partition coefficient (Wildman–Crippen LogP) is 5.83. The Hall–Kier alpha value is -1.89. The number of aromatic nitrogens is 1. The molecule has 0 atom stereocenters. The molecule has 0 aliphatic carbocycles. The van der Waals surface area contributed by atoms with Gasteiger partial charge in [-0.05, 0) is 37.0 Å². The van der Waals surface area contributed by atoms with Crippen LogP contribution in [0.3, 0.4) is 0 Å². The summed E-state index contributed by atoms with van der Waals surface area (Å²) in [5.74, 6) is 0. The van der Waals surface area contributed by atoms with E-state index in [0.717, 1.165) is 12.8 Å². The molecular weight excluding hydrogens is 290 g/mol. The normalized spacial score (nSPS) is 15.1. The number of hydrogen-bond donors (Lipinski definition) is 0. The number of rotatable bonds is 5. The number of benzene rings is 1. The van der Waals surface area contributed by atoms with Gasteiger partial charge in [-0.2, -0.15) is 4.57 Å². The molecule has 0 spiro atoms. The highest BCUT2D eigenvalue weighted by atomic mass is 15.1. The summed E-state index contributed by atoms with van der Waals surface area (Å²) >= 11 is 0. The summed E-state index contributed by atoms with van der Waals surface area (Å²) in [4.78, 5) is 0. The van der Waals surface area contributed by atoms with Crippen LogP contribution < -0.4 is 4.57 Å². The summed E-state index contributed by atoms with van der Waals surface area (Å²) < 4.78 is 2.52. The van der Waals surface area contributed by atoms with E-state index in [2.05, 4.69) is 75.4 Å². The maximum atomic E-state index is 4.53. The van der Waals surface area contributed by atoms with Gasteiger partial charge in [0.05, 0.1) is 5.56 Å². The fraction of sp³-hybridized carbons (Fsp3) is 0.435. The molecule has 2 heterocycles. The van der Waals surface area contributed by atoms with Crippen LogP contribution in [0.25, 0.3) is 16.8 Å². The Kier molecular flexibility index (Phi) is 4.62. The first-order valence-electron chi connectivity index (χ1n) is 9.44. The molecule has 1 aliphatic heterocycles. The van der Waals surface area contributed by atoms with Crippen molar-refractivity contribution in [3.63, 3.8) is 0 Å². The van der Waals surface area contributed by atoms with Crippen molar-refractivity contribution in [2.45, 2.75) is 65.3 Å². The van der Waals surface area contributed by atoms with Gasteiger partial charge in [0.15, 0.2) is 11.7 Å². The van der Waals surface area contributed by atoms with Gasteiger partial charge in [0.2, 0.25) is 5.69 Å². The molecule has 1 aliphatic rings. The Labute approximate surface area is 147 Å². The minimum atomic E-state index is -0.00225. The highest BCUT2D eigenvalue weighted by Crippen LogP contribution is 2.44. The minimum Gasteiger partial charge on any atom is -0.188 e. The van der Waals surface area contributed by atoms with Gasteiger partial charge in [-0.1, -0.05) is 52.0 Å². The number of nitrogens with zero attached hydrogens (tertiary/aromatic N) is 1. The van der Waals surface area contributed by atoms with E-state index < -0.39 is 0 Å². The van der Waals surface area contributed by atoms with Crippen LogP contribution in [0.1, 0.15) is 63.1 Å². The Balaban J connectivity index is 2.31. The van der Waals surface area contributed by atoms with Crippen LogP contribution in [-0.4, -0.2) is 0 Å². The van der Waals surface area contributed by atoms with Crippen LogP contribution in [0.5, 0.6) is 0 Å². The zero-order chi connectivity index (χ0) is 17.3. The van der Waals surface area contributed by atoms with Crippen LogP contribution in [0.15, 0.2) is 43.1 Å². The molecule has 126 valence electrons. The van der Waals surface area contributed by atoms with Crippen molar-refractivity contribution in [1.82, 2.24) is 0 Å². The molecule has 0 saturated heterocycles.